The molecule has 0 spiro atoms. The number of aliphatic hydroxyl groups excluding tert-OH is 1. The SMILES string of the molecule is O=C(c1ccc(CCOc2cccc(OC(F)(F)F)c2)cc1)C(O)c1ccccc1. The van der Waals surface area contributed by atoms with Gasteiger partial charge in [0.15, 0.2) is 5.78 Å². The van der Waals surface area contributed by atoms with Gasteiger partial charge in [-0.15, -0.1) is 13.2 Å². The van der Waals surface area contributed by atoms with E-state index in [0.29, 0.717) is 17.5 Å². The van der Waals surface area contributed by atoms with E-state index in [1.54, 1.807) is 54.6 Å². The topological polar surface area (TPSA) is 55.8 Å². The number of carbonyl (C=O) groups excluding carboxylic acids is 1. The number of ether oxygens (including phenoxy) is 2. The monoisotopic (exact) mass is 416 g/mol. The zero-order valence-electron chi connectivity index (χ0n) is 15.8. The lowest BCUT2D eigenvalue weighted by molar-refractivity contribution is -0.274. The molecular weight excluding hydrogens is 397 g/mol. The number of rotatable bonds is 8. The molecule has 4 nitrogen and oxygen atoms in total. The first-order chi connectivity index (χ1) is 14.3. The largest absolute Gasteiger partial charge is 0.573 e. The van der Waals surface area contributed by atoms with Gasteiger partial charge in [0.25, 0.3) is 0 Å². The summed E-state index contributed by atoms with van der Waals surface area (Å²) in [6, 6.07) is 20.7. The summed E-state index contributed by atoms with van der Waals surface area (Å²) in [6.07, 6.45) is -5.50. The minimum Gasteiger partial charge on any atom is -0.493 e. The number of benzene rings is 3. The zero-order chi connectivity index (χ0) is 21.6. The molecule has 0 bridgehead atoms. The standard InChI is InChI=1S/C23H19F3O4/c24-23(25,26)30-20-8-4-7-19(15-20)29-14-13-16-9-11-18(12-10-16)22(28)21(27)17-5-2-1-3-6-17/h1-12,15,21,27H,13-14H2. The van der Waals surface area contributed by atoms with Crippen molar-refractivity contribution in [3.05, 3.63) is 95.6 Å². The highest BCUT2D eigenvalue weighted by molar-refractivity contribution is 5.99. The van der Waals surface area contributed by atoms with Crippen LogP contribution in [0.4, 0.5) is 13.2 Å². The third-order valence-electron chi connectivity index (χ3n) is 4.30. The van der Waals surface area contributed by atoms with Gasteiger partial charge in [-0.25, -0.2) is 0 Å². The van der Waals surface area contributed by atoms with E-state index >= 15 is 0 Å². The van der Waals surface area contributed by atoms with E-state index in [9.17, 15) is 23.1 Å². The first-order valence-corrected chi connectivity index (χ1v) is 9.16. The van der Waals surface area contributed by atoms with E-state index in [1.807, 2.05) is 0 Å². The van der Waals surface area contributed by atoms with Crippen molar-refractivity contribution in [1.29, 1.82) is 0 Å². The van der Waals surface area contributed by atoms with Gasteiger partial charge < -0.3 is 14.6 Å². The highest BCUT2D eigenvalue weighted by Crippen LogP contribution is 2.26. The summed E-state index contributed by atoms with van der Waals surface area (Å²) in [6.45, 7) is 0.232. The van der Waals surface area contributed by atoms with Crippen LogP contribution in [0, 0.1) is 0 Å². The number of hydrogen-bond acceptors (Lipinski definition) is 4. The fourth-order valence-corrected chi connectivity index (χ4v) is 2.83. The average Bonchev–Trinajstić information content (AvgIpc) is 2.73. The highest BCUT2D eigenvalue weighted by Gasteiger charge is 2.31. The maximum Gasteiger partial charge on any atom is 0.573 e. The third kappa shape index (κ3) is 6.09. The second-order valence-corrected chi connectivity index (χ2v) is 6.50. The van der Waals surface area contributed by atoms with Crippen molar-refractivity contribution < 1.29 is 32.5 Å². The molecule has 0 saturated carbocycles. The summed E-state index contributed by atoms with van der Waals surface area (Å²) in [4.78, 5) is 12.4. The first-order valence-electron chi connectivity index (χ1n) is 9.16. The molecule has 0 aliphatic carbocycles. The number of ketones is 1. The lowest BCUT2D eigenvalue weighted by atomic mass is 9.99. The molecule has 1 atom stereocenters. The maximum atomic E-state index is 12.4. The lowest BCUT2D eigenvalue weighted by Crippen LogP contribution is -2.17. The molecular formula is C23H19F3O4. The number of aliphatic hydroxyl groups is 1. The summed E-state index contributed by atoms with van der Waals surface area (Å²) in [7, 11) is 0. The molecule has 0 aliphatic heterocycles. The van der Waals surface area contributed by atoms with E-state index in [-0.39, 0.29) is 18.1 Å². The normalized spacial score (nSPS) is 12.3. The molecule has 0 fully saturated rings. The highest BCUT2D eigenvalue weighted by atomic mass is 19.4. The first kappa shape index (κ1) is 21.4. The van der Waals surface area contributed by atoms with Gasteiger partial charge in [0.05, 0.1) is 6.61 Å². The van der Waals surface area contributed by atoms with E-state index in [0.717, 1.165) is 5.56 Å². The van der Waals surface area contributed by atoms with Crippen LogP contribution >= 0.6 is 0 Å². The van der Waals surface area contributed by atoms with Gasteiger partial charge in [0.2, 0.25) is 0 Å². The Balaban J connectivity index is 1.54. The predicted octanol–water partition coefficient (Wildman–Crippen LogP) is 5.12. The van der Waals surface area contributed by atoms with Gasteiger partial charge >= 0.3 is 6.36 Å². The summed E-state index contributed by atoms with van der Waals surface area (Å²) < 4.78 is 46.2. The Kier molecular flexibility index (Phi) is 6.74. The Labute approximate surface area is 171 Å². The van der Waals surface area contributed by atoms with Gasteiger partial charge in [-0.3, -0.25) is 4.79 Å². The second-order valence-electron chi connectivity index (χ2n) is 6.50. The summed E-state index contributed by atoms with van der Waals surface area (Å²) in [5.41, 5.74) is 1.79. The lowest BCUT2D eigenvalue weighted by Gasteiger charge is -2.12. The molecule has 0 aliphatic rings. The molecule has 0 amide bonds. The Hall–Kier alpha value is -3.32. The van der Waals surface area contributed by atoms with Crippen LogP contribution in [-0.2, 0) is 6.42 Å². The molecule has 30 heavy (non-hydrogen) atoms. The Morgan fingerprint density at radius 3 is 2.23 bits per heavy atom. The minimum absolute atomic E-state index is 0.232. The van der Waals surface area contributed by atoms with Crippen LogP contribution in [0.1, 0.15) is 27.6 Å². The van der Waals surface area contributed by atoms with Gasteiger partial charge in [0, 0.05) is 18.1 Å². The number of carbonyl (C=O) groups is 1. The van der Waals surface area contributed by atoms with Gasteiger partial charge in [-0.2, -0.15) is 0 Å². The second kappa shape index (κ2) is 9.45. The van der Waals surface area contributed by atoms with E-state index in [1.165, 1.54) is 24.3 Å². The number of halogens is 3. The quantitative estimate of drug-likeness (QED) is 0.518. The fourth-order valence-electron chi connectivity index (χ4n) is 2.83. The molecule has 1 N–H and O–H groups in total. The van der Waals surface area contributed by atoms with Crippen molar-refractivity contribution in [2.45, 2.75) is 18.9 Å². The molecule has 3 aromatic carbocycles. The van der Waals surface area contributed by atoms with Gasteiger partial charge in [-0.05, 0) is 23.3 Å². The summed E-state index contributed by atoms with van der Waals surface area (Å²) in [5.74, 6) is -0.486. The van der Waals surface area contributed by atoms with Crippen molar-refractivity contribution in [3.63, 3.8) is 0 Å². The molecule has 3 rings (SSSR count). The van der Waals surface area contributed by atoms with Crippen molar-refractivity contribution in [1.82, 2.24) is 0 Å². The molecule has 1 unspecified atom stereocenters. The van der Waals surface area contributed by atoms with Crippen LogP contribution in [0.5, 0.6) is 11.5 Å². The Morgan fingerprint density at radius 2 is 1.57 bits per heavy atom. The van der Waals surface area contributed by atoms with Crippen molar-refractivity contribution in [3.8, 4) is 11.5 Å². The minimum atomic E-state index is -4.76. The third-order valence-corrected chi connectivity index (χ3v) is 4.30. The van der Waals surface area contributed by atoms with Gasteiger partial charge in [0.1, 0.15) is 17.6 Å². The summed E-state index contributed by atoms with van der Waals surface area (Å²) >= 11 is 0. The van der Waals surface area contributed by atoms with E-state index in [4.69, 9.17) is 4.74 Å². The average molecular weight is 416 g/mol. The smallest absolute Gasteiger partial charge is 0.493 e. The zero-order valence-corrected chi connectivity index (χ0v) is 15.8. The molecule has 7 heteroatoms. The molecule has 156 valence electrons. The molecule has 3 aromatic rings. The van der Waals surface area contributed by atoms with E-state index < -0.39 is 18.2 Å². The van der Waals surface area contributed by atoms with Crippen LogP contribution in [0.15, 0.2) is 78.9 Å². The van der Waals surface area contributed by atoms with Crippen LogP contribution in [-0.4, -0.2) is 23.9 Å². The van der Waals surface area contributed by atoms with E-state index in [2.05, 4.69) is 4.74 Å². The predicted molar refractivity (Wildman–Crippen MR) is 104 cm³/mol. The van der Waals surface area contributed by atoms with Crippen LogP contribution in [0.2, 0.25) is 0 Å². The molecule has 0 aromatic heterocycles. The number of hydrogen-bond donors (Lipinski definition) is 1. The van der Waals surface area contributed by atoms with Crippen LogP contribution in [0.25, 0.3) is 0 Å². The Bertz CT molecular complexity index is 970. The van der Waals surface area contributed by atoms with Crippen molar-refractivity contribution in [2.24, 2.45) is 0 Å². The molecule has 0 radical (unpaired) electrons. The molecule has 0 saturated heterocycles. The maximum absolute atomic E-state index is 12.4. The Morgan fingerprint density at radius 1 is 0.900 bits per heavy atom. The van der Waals surface area contributed by atoms with Crippen LogP contribution in [0.3, 0.4) is 0 Å². The number of alkyl halides is 3. The fraction of sp³-hybridized carbons (Fsp3) is 0.174. The summed E-state index contributed by atoms with van der Waals surface area (Å²) in [5, 5.41) is 10.2. The van der Waals surface area contributed by atoms with Crippen molar-refractivity contribution >= 4 is 5.78 Å². The number of Topliss-reactive ketones (excluding diaryl/α,β-unsaturated/α-hetero) is 1. The van der Waals surface area contributed by atoms with Crippen molar-refractivity contribution in [2.75, 3.05) is 6.61 Å². The van der Waals surface area contributed by atoms with Gasteiger partial charge in [-0.1, -0.05) is 60.7 Å². The van der Waals surface area contributed by atoms with Crippen LogP contribution < -0.4 is 9.47 Å². The molecule has 0 heterocycles.